The molecule has 0 saturated carbocycles. The van der Waals surface area contributed by atoms with Crippen LogP contribution in [-0.4, -0.2) is 144 Å². The molecule has 0 aliphatic carbocycles. The fourth-order valence-electron chi connectivity index (χ4n) is 9.07. The van der Waals surface area contributed by atoms with E-state index in [0.717, 1.165) is 75.3 Å². The molecule has 9 rings (SSSR count). The normalized spacial score (nSPS) is 16.8. The summed E-state index contributed by atoms with van der Waals surface area (Å²) in [4.78, 5) is 78.2. The molecule has 1 unspecified atom stereocenters. The van der Waals surface area contributed by atoms with Crippen LogP contribution in [-0.2, 0) is 35.1 Å². The smallest absolute Gasteiger partial charge is 0.322 e. The van der Waals surface area contributed by atoms with Crippen LogP contribution in [0.25, 0.3) is 27.7 Å². The molecule has 2 atom stereocenters. The van der Waals surface area contributed by atoms with Crippen LogP contribution < -0.4 is 36.6 Å². The highest BCUT2D eigenvalue weighted by Gasteiger charge is 2.45. The number of piperidine rings is 2. The Balaban J connectivity index is 0.665. The van der Waals surface area contributed by atoms with Crippen molar-refractivity contribution in [2.45, 2.75) is 64.1 Å². The fourth-order valence-corrected chi connectivity index (χ4v) is 9.07. The molecule has 21 heteroatoms. The first kappa shape index (κ1) is 50.4. The maximum Gasteiger partial charge on any atom is 0.322 e. The number of hydrogen-bond acceptors (Lipinski definition) is 17. The van der Waals surface area contributed by atoms with Crippen molar-refractivity contribution in [1.82, 2.24) is 45.4 Å². The monoisotopic (exact) mass is 996 g/mol. The summed E-state index contributed by atoms with van der Waals surface area (Å²) in [6.07, 6.45) is 5.77. The lowest BCUT2D eigenvalue weighted by Gasteiger charge is -2.27. The summed E-state index contributed by atoms with van der Waals surface area (Å²) < 4.78 is 25.0. The molecule has 5 amide bonds. The van der Waals surface area contributed by atoms with Gasteiger partial charge in [0.1, 0.15) is 12.1 Å². The average Bonchev–Trinajstić information content (AvgIpc) is 3.94. The minimum absolute atomic E-state index is 0.00727. The number of fused-ring (bicyclic) bond motifs is 3. The SMILES string of the molecule is CC(C)c1cnn2c(NCc3ccccc3-c3nccc4cc(NCCOCCOCCOCCNC(=O)CNc5cccc6c5C(=O)N(C5CCC(=O)NC5=O)C6=O)ccc34)nc(O[C@@H]3CCCNC3)nc12. The number of rotatable bonds is 24. The number of carbonyl (C=O) groups is 5. The van der Waals surface area contributed by atoms with Gasteiger partial charge in [0.05, 0.1) is 69.2 Å². The number of amides is 5. The third-order valence-electron chi connectivity index (χ3n) is 12.8. The van der Waals surface area contributed by atoms with Crippen molar-refractivity contribution in [1.29, 1.82) is 0 Å². The molecule has 3 aromatic carbocycles. The van der Waals surface area contributed by atoms with Gasteiger partial charge in [0.15, 0.2) is 5.65 Å². The molecular formula is C52H60N12O9. The highest BCUT2D eigenvalue weighted by molar-refractivity contribution is 6.25. The van der Waals surface area contributed by atoms with Crippen LogP contribution in [0.5, 0.6) is 6.01 Å². The number of pyridine rings is 1. The Kier molecular flexibility index (Phi) is 16.4. The van der Waals surface area contributed by atoms with Gasteiger partial charge in [0.2, 0.25) is 23.7 Å². The molecule has 3 aromatic heterocycles. The number of carbonyl (C=O) groups excluding carboxylic acids is 5. The molecular weight excluding hydrogens is 937 g/mol. The Hall–Kier alpha value is -7.59. The van der Waals surface area contributed by atoms with Crippen molar-refractivity contribution in [3.05, 3.63) is 101 Å². The fraction of sp³-hybridized carbons (Fsp3) is 0.404. The standard InChI is InChI=1S/C52H60N12O9/c1-32(2)40-30-59-64-47(40)61-52(73-36-8-6-17-53-29-36)62-51(64)58-28-34-7-3-4-9-37(34)46-38-13-12-35(27-33(38)16-18-56-46)54-19-21-70-23-25-72-26-24-71-22-20-55-44(66)31-57-41-11-5-10-39-45(41)50(69)63(49(39)68)42-14-15-43(65)60-48(42)67/h3-5,7,9-13,16,18,27,30,32,36,42,53-54,57H,6,8,14-15,17,19-26,28-29,31H2,1-2H3,(H,55,66)(H,58,61,62)(H,60,65,67)/t36-,42?/m1/s1. The second-order valence-electron chi connectivity index (χ2n) is 18.2. The Labute approximate surface area is 421 Å². The van der Waals surface area contributed by atoms with E-state index >= 15 is 0 Å². The molecule has 6 aromatic rings. The Morgan fingerprint density at radius 2 is 1.63 bits per heavy atom. The van der Waals surface area contributed by atoms with E-state index in [1.165, 1.54) is 6.07 Å². The molecule has 0 radical (unpaired) electrons. The summed E-state index contributed by atoms with van der Waals surface area (Å²) in [5.41, 5.74) is 6.16. The number of anilines is 3. The first-order chi connectivity index (χ1) is 35.6. The first-order valence-corrected chi connectivity index (χ1v) is 24.8. The van der Waals surface area contributed by atoms with E-state index in [9.17, 15) is 24.0 Å². The van der Waals surface area contributed by atoms with E-state index in [1.807, 2.05) is 30.6 Å². The molecule has 2 fully saturated rings. The quantitative estimate of drug-likeness (QED) is 0.0365. The van der Waals surface area contributed by atoms with Crippen molar-refractivity contribution < 1.29 is 42.9 Å². The summed E-state index contributed by atoms with van der Waals surface area (Å²) in [6, 6.07) is 20.4. The maximum atomic E-state index is 13.3. The molecule has 382 valence electrons. The predicted octanol–water partition coefficient (Wildman–Crippen LogP) is 4.30. The molecule has 2 saturated heterocycles. The number of nitrogens with one attached hydrogen (secondary N) is 6. The second-order valence-corrected chi connectivity index (χ2v) is 18.2. The van der Waals surface area contributed by atoms with Crippen LogP contribution in [0.1, 0.15) is 77.3 Å². The van der Waals surface area contributed by atoms with Crippen LogP contribution in [0.4, 0.5) is 17.3 Å². The van der Waals surface area contributed by atoms with Gasteiger partial charge in [-0.15, -0.1) is 0 Å². The summed E-state index contributed by atoms with van der Waals surface area (Å²) in [6.45, 7) is 9.42. The van der Waals surface area contributed by atoms with Gasteiger partial charge in [-0.1, -0.05) is 50.2 Å². The minimum atomic E-state index is -1.08. The van der Waals surface area contributed by atoms with Crippen molar-refractivity contribution in [3.8, 4) is 17.3 Å². The number of benzene rings is 3. The van der Waals surface area contributed by atoms with Crippen LogP contribution in [0.2, 0.25) is 0 Å². The number of ether oxygens (including phenoxy) is 4. The number of hydrogen-bond donors (Lipinski definition) is 6. The number of imide groups is 2. The zero-order valence-electron chi connectivity index (χ0n) is 40.9. The van der Waals surface area contributed by atoms with E-state index in [4.69, 9.17) is 33.9 Å². The zero-order chi connectivity index (χ0) is 50.7. The van der Waals surface area contributed by atoms with Gasteiger partial charge >= 0.3 is 6.01 Å². The lowest BCUT2D eigenvalue weighted by atomic mass is 9.99. The number of aromatic nitrogens is 5. The summed E-state index contributed by atoms with van der Waals surface area (Å²) >= 11 is 0. The van der Waals surface area contributed by atoms with E-state index in [2.05, 4.69) is 81.2 Å². The molecule has 6 N–H and O–H groups in total. The van der Waals surface area contributed by atoms with Gasteiger partial charge in [0.25, 0.3) is 11.8 Å². The molecule has 3 aliphatic heterocycles. The van der Waals surface area contributed by atoms with Crippen molar-refractivity contribution in [2.75, 3.05) is 88.3 Å². The lowest BCUT2D eigenvalue weighted by molar-refractivity contribution is -0.136. The highest BCUT2D eigenvalue weighted by atomic mass is 16.5. The van der Waals surface area contributed by atoms with E-state index < -0.39 is 29.7 Å². The van der Waals surface area contributed by atoms with Crippen LogP contribution >= 0.6 is 0 Å². The topological polar surface area (TPSA) is 254 Å². The zero-order valence-corrected chi connectivity index (χ0v) is 40.9. The van der Waals surface area contributed by atoms with Gasteiger partial charge in [0, 0.05) is 66.7 Å². The molecule has 3 aliphatic rings. The Bertz CT molecular complexity index is 2980. The summed E-state index contributed by atoms with van der Waals surface area (Å²) in [7, 11) is 0. The van der Waals surface area contributed by atoms with Crippen molar-refractivity contribution in [3.63, 3.8) is 0 Å². The first-order valence-electron chi connectivity index (χ1n) is 24.8. The largest absolute Gasteiger partial charge is 0.459 e. The molecule has 73 heavy (non-hydrogen) atoms. The van der Waals surface area contributed by atoms with Crippen LogP contribution in [0.3, 0.4) is 0 Å². The summed E-state index contributed by atoms with van der Waals surface area (Å²) in [5, 5.41) is 25.0. The Morgan fingerprint density at radius 3 is 2.42 bits per heavy atom. The summed E-state index contributed by atoms with van der Waals surface area (Å²) in [5.74, 6) is -1.98. The van der Waals surface area contributed by atoms with E-state index in [1.54, 1.807) is 16.6 Å². The minimum Gasteiger partial charge on any atom is -0.459 e. The third kappa shape index (κ3) is 12.0. The average molecular weight is 997 g/mol. The van der Waals surface area contributed by atoms with Crippen LogP contribution in [0.15, 0.2) is 79.1 Å². The van der Waals surface area contributed by atoms with Gasteiger partial charge in [-0.25, -0.2) is 0 Å². The van der Waals surface area contributed by atoms with E-state index in [-0.39, 0.29) is 61.6 Å². The number of nitrogens with zero attached hydrogens (tertiary/aromatic N) is 6. The Morgan fingerprint density at radius 1 is 0.836 bits per heavy atom. The lowest BCUT2D eigenvalue weighted by Crippen LogP contribution is -2.54. The maximum absolute atomic E-state index is 13.3. The highest BCUT2D eigenvalue weighted by Crippen LogP contribution is 2.34. The van der Waals surface area contributed by atoms with Gasteiger partial charge in [-0.2, -0.15) is 19.6 Å². The van der Waals surface area contributed by atoms with Crippen molar-refractivity contribution in [2.24, 2.45) is 0 Å². The molecule has 0 bridgehead atoms. The predicted molar refractivity (Wildman–Crippen MR) is 271 cm³/mol. The van der Waals surface area contributed by atoms with Crippen LogP contribution in [0, 0.1) is 0 Å². The molecule has 0 spiro atoms. The molecule has 6 heterocycles. The van der Waals surface area contributed by atoms with Gasteiger partial charge in [-0.3, -0.25) is 39.2 Å². The van der Waals surface area contributed by atoms with Gasteiger partial charge in [-0.05, 0) is 73.0 Å². The molecule has 21 nitrogen and oxygen atoms in total. The van der Waals surface area contributed by atoms with Crippen molar-refractivity contribution >= 4 is 63.3 Å². The second kappa shape index (κ2) is 23.8. The third-order valence-corrected chi connectivity index (χ3v) is 12.8. The van der Waals surface area contributed by atoms with E-state index in [0.29, 0.717) is 63.8 Å². The van der Waals surface area contributed by atoms with Gasteiger partial charge < -0.3 is 45.5 Å².